The number of likely N-dealkylation sites (tertiary alicyclic amines) is 1. The maximum Gasteiger partial charge on any atom is 0.193 e. The summed E-state index contributed by atoms with van der Waals surface area (Å²) in [6.45, 7) is 11.9. The second-order valence-electron chi connectivity index (χ2n) is 6.98. The Morgan fingerprint density at radius 2 is 2.26 bits per heavy atom. The van der Waals surface area contributed by atoms with Gasteiger partial charge in [0.05, 0.1) is 6.33 Å². The summed E-state index contributed by atoms with van der Waals surface area (Å²) in [6.07, 6.45) is 12.0. The van der Waals surface area contributed by atoms with E-state index < -0.39 is 0 Å². The monoisotopic (exact) mass is 319 g/mol. The van der Waals surface area contributed by atoms with Gasteiger partial charge in [-0.2, -0.15) is 0 Å². The van der Waals surface area contributed by atoms with Crippen molar-refractivity contribution in [2.75, 3.05) is 26.2 Å². The molecule has 2 heterocycles. The van der Waals surface area contributed by atoms with Crippen molar-refractivity contribution in [3.63, 3.8) is 0 Å². The van der Waals surface area contributed by atoms with Crippen molar-refractivity contribution in [1.29, 1.82) is 0 Å². The van der Waals surface area contributed by atoms with Crippen molar-refractivity contribution in [1.82, 2.24) is 19.8 Å². The Kier molecular flexibility index (Phi) is 6.93. The number of nitrogens with one attached hydrogen (secondary N) is 1. The normalized spacial score (nSPS) is 22.4. The largest absolute Gasteiger partial charge is 0.357 e. The Hall–Kier alpha value is -1.52. The van der Waals surface area contributed by atoms with Crippen LogP contribution in [-0.4, -0.2) is 46.6 Å². The van der Waals surface area contributed by atoms with Crippen LogP contribution in [0.1, 0.15) is 52.9 Å². The molecule has 0 amide bonds. The van der Waals surface area contributed by atoms with E-state index in [0.29, 0.717) is 5.41 Å². The highest BCUT2D eigenvalue weighted by Gasteiger charge is 2.31. The van der Waals surface area contributed by atoms with Gasteiger partial charge >= 0.3 is 0 Å². The third-order valence-electron chi connectivity index (χ3n) is 4.66. The van der Waals surface area contributed by atoms with Crippen LogP contribution >= 0.6 is 0 Å². The second-order valence-corrected chi connectivity index (χ2v) is 6.98. The fourth-order valence-electron chi connectivity index (χ4n) is 3.59. The summed E-state index contributed by atoms with van der Waals surface area (Å²) in [7, 11) is 0. The van der Waals surface area contributed by atoms with Crippen LogP contribution in [0.3, 0.4) is 0 Å². The minimum Gasteiger partial charge on any atom is -0.357 e. The number of aryl methyl sites for hydroxylation is 1. The van der Waals surface area contributed by atoms with Crippen LogP contribution in [0, 0.1) is 5.41 Å². The highest BCUT2D eigenvalue weighted by molar-refractivity contribution is 5.80. The van der Waals surface area contributed by atoms with Crippen LogP contribution in [0.15, 0.2) is 23.7 Å². The molecule has 1 aliphatic rings. The van der Waals surface area contributed by atoms with E-state index in [9.17, 15) is 0 Å². The van der Waals surface area contributed by atoms with Gasteiger partial charge < -0.3 is 14.8 Å². The number of rotatable bonds is 7. The molecule has 23 heavy (non-hydrogen) atoms. The summed E-state index contributed by atoms with van der Waals surface area (Å²) in [6, 6.07) is 0. The molecular formula is C18H33N5. The number of imidazole rings is 1. The molecule has 1 unspecified atom stereocenters. The van der Waals surface area contributed by atoms with E-state index in [0.717, 1.165) is 45.1 Å². The molecule has 0 aliphatic carbocycles. The van der Waals surface area contributed by atoms with Crippen molar-refractivity contribution < 1.29 is 0 Å². The van der Waals surface area contributed by atoms with E-state index in [1.807, 2.05) is 18.7 Å². The van der Waals surface area contributed by atoms with E-state index in [1.165, 1.54) is 25.7 Å². The Morgan fingerprint density at radius 3 is 2.96 bits per heavy atom. The first-order valence-corrected chi connectivity index (χ1v) is 9.16. The Balaban J connectivity index is 1.89. The molecule has 0 spiro atoms. The van der Waals surface area contributed by atoms with Crippen LogP contribution in [0.2, 0.25) is 0 Å². The van der Waals surface area contributed by atoms with Gasteiger partial charge in [0.2, 0.25) is 0 Å². The predicted octanol–water partition coefficient (Wildman–Crippen LogP) is 3.14. The van der Waals surface area contributed by atoms with Crippen molar-refractivity contribution in [3.8, 4) is 0 Å². The summed E-state index contributed by atoms with van der Waals surface area (Å²) in [5, 5.41) is 3.48. The van der Waals surface area contributed by atoms with Crippen LogP contribution < -0.4 is 5.32 Å². The fourth-order valence-corrected chi connectivity index (χ4v) is 3.59. The third-order valence-corrected chi connectivity index (χ3v) is 4.66. The van der Waals surface area contributed by atoms with Crippen LogP contribution in [-0.2, 0) is 6.54 Å². The molecule has 1 aromatic rings. The van der Waals surface area contributed by atoms with Gasteiger partial charge in [0, 0.05) is 45.1 Å². The molecule has 5 nitrogen and oxygen atoms in total. The zero-order valence-corrected chi connectivity index (χ0v) is 15.1. The Bertz CT molecular complexity index is 464. The Morgan fingerprint density at radius 1 is 1.39 bits per heavy atom. The first kappa shape index (κ1) is 17.8. The molecular weight excluding hydrogens is 286 g/mol. The van der Waals surface area contributed by atoms with E-state index in [-0.39, 0.29) is 0 Å². The Labute approximate surface area is 141 Å². The number of hydrogen-bond donors (Lipinski definition) is 1. The van der Waals surface area contributed by atoms with E-state index in [1.54, 1.807) is 0 Å². The summed E-state index contributed by atoms with van der Waals surface area (Å²) in [4.78, 5) is 11.4. The number of aromatic nitrogens is 2. The van der Waals surface area contributed by atoms with Gasteiger partial charge in [-0.15, -0.1) is 0 Å². The number of hydrogen-bond acceptors (Lipinski definition) is 2. The molecule has 2 rings (SSSR count). The first-order chi connectivity index (χ1) is 11.2. The van der Waals surface area contributed by atoms with E-state index >= 15 is 0 Å². The molecule has 1 atom stereocenters. The molecule has 1 saturated heterocycles. The van der Waals surface area contributed by atoms with Crippen LogP contribution in [0.4, 0.5) is 0 Å². The molecule has 130 valence electrons. The maximum absolute atomic E-state index is 4.86. The van der Waals surface area contributed by atoms with Crippen molar-refractivity contribution in [2.45, 2.75) is 59.4 Å². The quantitative estimate of drug-likeness (QED) is 0.477. The average Bonchev–Trinajstić information content (AvgIpc) is 3.03. The highest BCUT2D eigenvalue weighted by Crippen LogP contribution is 2.33. The number of nitrogens with zero attached hydrogens (tertiary/aromatic N) is 4. The molecule has 1 N–H and O–H groups in total. The second kappa shape index (κ2) is 8.94. The van der Waals surface area contributed by atoms with Crippen molar-refractivity contribution in [2.24, 2.45) is 10.4 Å². The zero-order valence-electron chi connectivity index (χ0n) is 15.1. The lowest BCUT2D eigenvalue weighted by Crippen LogP contribution is -2.49. The highest BCUT2D eigenvalue weighted by atomic mass is 15.3. The molecule has 5 heteroatoms. The summed E-state index contributed by atoms with van der Waals surface area (Å²) < 4.78 is 2.11. The first-order valence-electron chi connectivity index (χ1n) is 9.16. The van der Waals surface area contributed by atoms with Crippen molar-refractivity contribution in [3.05, 3.63) is 18.7 Å². The average molecular weight is 319 g/mol. The molecule has 1 fully saturated rings. The van der Waals surface area contributed by atoms with E-state index in [4.69, 9.17) is 4.99 Å². The maximum atomic E-state index is 4.86. The van der Waals surface area contributed by atoms with Gasteiger partial charge in [0.1, 0.15) is 0 Å². The predicted molar refractivity (Wildman–Crippen MR) is 96.6 cm³/mol. The number of guanidine groups is 1. The number of piperidine rings is 1. The topological polar surface area (TPSA) is 45.5 Å². The van der Waals surface area contributed by atoms with Crippen LogP contribution in [0.5, 0.6) is 0 Å². The lowest BCUT2D eigenvalue weighted by molar-refractivity contribution is 0.142. The van der Waals surface area contributed by atoms with Gasteiger partial charge in [-0.3, -0.25) is 4.99 Å². The molecule has 1 aliphatic heterocycles. The molecule has 0 radical (unpaired) electrons. The fraction of sp³-hybridized carbons (Fsp3) is 0.778. The SMILES string of the molecule is CCCC1(C)CCCN(C(=NCCCn2ccnc2)NCC)C1. The van der Waals surface area contributed by atoms with Gasteiger partial charge in [-0.25, -0.2) is 4.98 Å². The minimum absolute atomic E-state index is 0.444. The molecule has 0 bridgehead atoms. The molecule has 0 saturated carbocycles. The molecule has 1 aromatic heterocycles. The van der Waals surface area contributed by atoms with Crippen LogP contribution in [0.25, 0.3) is 0 Å². The molecule has 0 aromatic carbocycles. The van der Waals surface area contributed by atoms with Crippen molar-refractivity contribution >= 4 is 5.96 Å². The summed E-state index contributed by atoms with van der Waals surface area (Å²) in [5.41, 5.74) is 0.444. The van der Waals surface area contributed by atoms with Gasteiger partial charge in [0.25, 0.3) is 0 Å². The number of aliphatic imine (C=N–C) groups is 1. The lowest BCUT2D eigenvalue weighted by atomic mass is 9.78. The van der Waals surface area contributed by atoms with Gasteiger partial charge in [0.15, 0.2) is 5.96 Å². The summed E-state index contributed by atoms with van der Waals surface area (Å²) >= 11 is 0. The minimum atomic E-state index is 0.444. The smallest absolute Gasteiger partial charge is 0.193 e. The van der Waals surface area contributed by atoms with Gasteiger partial charge in [-0.05, 0) is 38.0 Å². The zero-order chi connectivity index (χ0) is 16.5. The van der Waals surface area contributed by atoms with E-state index in [2.05, 4.69) is 40.5 Å². The summed E-state index contributed by atoms with van der Waals surface area (Å²) in [5.74, 6) is 1.10. The lowest BCUT2D eigenvalue weighted by Gasteiger charge is -2.42. The van der Waals surface area contributed by atoms with Gasteiger partial charge in [-0.1, -0.05) is 20.3 Å². The third kappa shape index (κ3) is 5.56. The standard InChI is InChI=1S/C18H33N5/c1-4-8-18(3)9-6-13-23(15-18)17(20-5-2)21-10-7-12-22-14-11-19-16-22/h11,14,16H,4-10,12-13,15H2,1-3H3,(H,20,21).